The van der Waals surface area contributed by atoms with Gasteiger partial charge in [-0.25, -0.2) is 14.4 Å². The molecule has 14 heteroatoms. The van der Waals surface area contributed by atoms with Gasteiger partial charge in [-0.05, 0) is 68.4 Å². The Balaban J connectivity index is 3.92. The molecule has 0 aliphatic rings. The van der Waals surface area contributed by atoms with Gasteiger partial charge in [-0.1, -0.05) is 0 Å². The van der Waals surface area contributed by atoms with Crippen LogP contribution < -0.4 is 5.01 Å². The fourth-order valence-corrected chi connectivity index (χ4v) is 2.39. The molecule has 0 heterocycles. The third-order valence-electron chi connectivity index (χ3n) is 3.49. The van der Waals surface area contributed by atoms with Crippen LogP contribution in [0.3, 0.4) is 0 Å². The highest BCUT2D eigenvalue weighted by molar-refractivity contribution is 6.00. The maximum absolute atomic E-state index is 13.2. The van der Waals surface area contributed by atoms with E-state index in [4.69, 9.17) is 14.2 Å². The molecule has 0 N–H and O–H groups in total. The summed E-state index contributed by atoms with van der Waals surface area (Å²) >= 11 is 0. The zero-order valence-corrected chi connectivity index (χ0v) is 21.1. The second-order valence-electron chi connectivity index (χ2n) is 10.3. The SMILES string of the molecule is CC(C)(C)OC(=O)N(C(=O)OC(C)(C)C)N(C(=O)OC(C)(C)C)c1ccc([N+](=O)[O-])cc1[N+](=O)[O-]. The number of hydrogen-bond acceptors (Lipinski definition) is 10. The molecule has 0 radical (unpaired) electrons. The average molecular weight is 498 g/mol. The van der Waals surface area contributed by atoms with Gasteiger partial charge in [-0.15, -0.1) is 5.01 Å². The van der Waals surface area contributed by atoms with Crippen LogP contribution >= 0.6 is 0 Å². The van der Waals surface area contributed by atoms with Crippen molar-refractivity contribution in [1.29, 1.82) is 0 Å². The Labute approximate surface area is 202 Å². The van der Waals surface area contributed by atoms with Gasteiger partial charge in [0.25, 0.3) is 5.69 Å². The standard InChI is InChI=1S/C21H30N4O10/c1-19(2,3)33-16(26)22(14-11-10-13(24(29)30)12-15(14)25(31)32)23(17(27)34-20(4,5)6)18(28)35-21(7,8)9/h10-12H,1-9H3. The van der Waals surface area contributed by atoms with Gasteiger partial charge in [0.15, 0.2) is 0 Å². The summed E-state index contributed by atoms with van der Waals surface area (Å²) in [6.07, 6.45) is -4.21. The summed E-state index contributed by atoms with van der Waals surface area (Å²) in [6.45, 7) is 13.4. The minimum Gasteiger partial charge on any atom is -0.442 e. The van der Waals surface area contributed by atoms with E-state index in [0.717, 1.165) is 12.1 Å². The van der Waals surface area contributed by atoms with Gasteiger partial charge in [0.1, 0.15) is 22.5 Å². The third kappa shape index (κ3) is 8.72. The molecule has 0 unspecified atom stereocenters. The third-order valence-corrected chi connectivity index (χ3v) is 3.49. The largest absolute Gasteiger partial charge is 0.442 e. The van der Waals surface area contributed by atoms with E-state index in [2.05, 4.69) is 0 Å². The quantitative estimate of drug-likeness (QED) is 0.301. The number of nitro groups is 2. The molecule has 0 bridgehead atoms. The first-order valence-electron chi connectivity index (χ1n) is 10.3. The number of amides is 3. The Morgan fingerprint density at radius 3 is 1.46 bits per heavy atom. The number of carbonyl (C=O) groups excluding carboxylic acids is 3. The van der Waals surface area contributed by atoms with Crippen molar-refractivity contribution in [3.05, 3.63) is 38.4 Å². The number of non-ortho nitro benzene ring substituents is 1. The number of anilines is 1. The Kier molecular flexibility index (Phi) is 8.40. The molecule has 1 aromatic carbocycles. The van der Waals surface area contributed by atoms with Crippen molar-refractivity contribution in [2.75, 3.05) is 5.01 Å². The van der Waals surface area contributed by atoms with Crippen LogP contribution in [0.25, 0.3) is 0 Å². The zero-order valence-electron chi connectivity index (χ0n) is 21.1. The van der Waals surface area contributed by atoms with Crippen LogP contribution in [-0.4, -0.2) is 49.9 Å². The van der Waals surface area contributed by atoms with E-state index in [1.807, 2.05) is 0 Å². The first-order chi connectivity index (χ1) is 15.6. The van der Waals surface area contributed by atoms with E-state index in [1.165, 1.54) is 62.3 Å². The minimum absolute atomic E-state index is 0.110. The second kappa shape index (κ2) is 10.1. The van der Waals surface area contributed by atoms with Crippen LogP contribution in [0.2, 0.25) is 0 Å². The van der Waals surface area contributed by atoms with E-state index < -0.39 is 62.0 Å². The normalized spacial score (nSPS) is 11.8. The van der Waals surface area contributed by atoms with Crippen molar-refractivity contribution in [3.8, 4) is 0 Å². The minimum atomic E-state index is -1.41. The van der Waals surface area contributed by atoms with Crippen molar-refractivity contribution in [2.24, 2.45) is 0 Å². The van der Waals surface area contributed by atoms with Crippen LogP contribution in [-0.2, 0) is 14.2 Å². The van der Waals surface area contributed by atoms with Crippen molar-refractivity contribution in [2.45, 2.75) is 79.1 Å². The van der Waals surface area contributed by atoms with Crippen molar-refractivity contribution < 1.29 is 38.4 Å². The Hall–Kier alpha value is -3.97. The first-order valence-corrected chi connectivity index (χ1v) is 10.3. The number of imide groups is 1. The van der Waals surface area contributed by atoms with E-state index in [1.54, 1.807) is 0 Å². The van der Waals surface area contributed by atoms with Crippen LogP contribution in [0, 0.1) is 20.2 Å². The number of hydrazine groups is 1. The predicted octanol–water partition coefficient (Wildman–Crippen LogP) is 5.33. The highest BCUT2D eigenvalue weighted by Crippen LogP contribution is 2.35. The Morgan fingerprint density at radius 1 is 0.714 bits per heavy atom. The van der Waals surface area contributed by atoms with Gasteiger partial charge >= 0.3 is 24.0 Å². The summed E-state index contributed by atoms with van der Waals surface area (Å²) in [5.41, 5.74) is -5.77. The lowest BCUT2D eigenvalue weighted by molar-refractivity contribution is -0.393. The Morgan fingerprint density at radius 2 is 1.11 bits per heavy atom. The molecule has 1 rings (SSSR count). The summed E-state index contributed by atoms with van der Waals surface area (Å²) in [5, 5.41) is 23.3. The highest BCUT2D eigenvalue weighted by atomic mass is 16.6. The maximum Gasteiger partial charge on any atom is 0.440 e. The lowest BCUT2D eigenvalue weighted by Gasteiger charge is -2.35. The monoisotopic (exact) mass is 498 g/mol. The molecule has 0 spiro atoms. The smallest absolute Gasteiger partial charge is 0.440 e. The number of carbonyl (C=O) groups is 3. The average Bonchev–Trinajstić information content (AvgIpc) is 2.60. The fourth-order valence-electron chi connectivity index (χ4n) is 2.39. The Bertz CT molecular complexity index is 990. The molecule has 0 aromatic heterocycles. The first kappa shape index (κ1) is 29.1. The van der Waals surface area contributed by atoms with Gasteiger partial charge in [0.05, 0.1) is 15.9 Å². The van der Waals surface area contributed by atoms with Crippen LogP contribution in [0.4, 0.5) is 31.4 Å². The topological polar surface area (TPSA) is 172 Å². The molecule has 14 nitrogen and oxygen atoms in total. The lowest BCUT2D eigenvalue weighted by Crippen LogP contribution is -2.56. The van der Waals surface area contributed by atoms with Gasteiger partial charge in [0.2, 0.25) is 0 Å². The van der Waals surface area contributed by atoms with E-state index >= 15 is 0 Å². The summed E-state index contributed by atoms with van der Waals surface area (Å²) in [6, 6.07) is 2.28. The summed E-state index contributed by atoms with van der Waals surface area (Å²) < 4.78 is 15.8. The molecular weight excluding hydrogens is 468 g/mol. The van der Waals surface area contributed by atoms with Gasteiger partial charge in [-0.3, -0.25) is 20.2 Å². The summed E-state index contributed by atoms with van der Waals surface area (Å²) in [4.78, 5) is 60.5. The van der Waals surface area contributed by atoms with Crippen molar-refractivity contribution in [3.63, 3.8) is 0 Å². The fraction of sp³-hybridized carbons (Fsp3) is 0.571. The van der Waals surface area contributed by atoms with Crippen LogP contribution in [0.15, 0.2) is 18.2 Å². The molecular formula is C21H30N4O10. The van der Waals surface area contributed by atoms with E-state index in [-0.39, 0.29) is 10.0 Å². The molecule has 194 valence electrons. The molecule has 1 aromatic rings. The predicted molar refractivity (Wildman–Crippen MR) is 123 cm³/mol. The lowest BCUT2D eigenvalue weighted by atomic mass is 10.2. The molecule has 0 saturated heterocycles. The molecule has 3 amide bonds. The van der Waals surface area contributed by atoms with E-state index in [9.17, 15) is 34.6 Å². The van der Waals surface area contributed by atoms with Gasteiger partial charge < -0.3 is 14.2 Å². The van der Waals surface area contributed by atoms with Crippen LogP contribution in [0.1, 0.15) is 62.3 Å². The number of ether oxygens (including phenoxy) is 3. The van der Waals surface area contributed by atoms with Crippen molar-refractivity contribution >= 4 is 35.3 Å². The second-order valence-corrected chi connectivity index (χ2v) is 10.3. The zero-order chi connectivity index (χ0) is 27.5. The molecule has 0 aliphatic heterocycles. The molecule has 0 saturated carbocycles. The van der Waals surface area contributed by atoms with Crippen molar-refractivity contribution in [1.82, 2.24) is 5.01 Å². The molecule has 0 aliphatic carbocycles. The summed E-state index contributed by atoms with van der Waals surface area (Å²) in [7, 11) is 0. The number of nitro benzene ring substituents is 2. The van der Waals surface area contributed by atoms with Crippen LogP contribution in [0.5, 0.6) is 0 Å². The molecule has 0 fully saturated rings. The summed E-state index contributed by atoms with van der Waals surface area (Å²) in [5.74, 6) is 0. The van der Waals surface area contributed by atoms with E-state index in [0.29, 0.717) is 6.07 Å². The molecule has 0 atom stereocenters. The number of rotatable bonds is 3. The molecule has 35 heavy (non-hydrogen) atoms. The maximum atomic E-state index is 13.2. The number of benzene rings is 1. The van der Waals surface area contributed by atoms with Gasteiger partial charge in [0, 0.05) is 6.07 Å². The number of hydrogen-bond donors (Lipinski definition) is 0. The highest BCUT2D eigenvalue weighted by Gasteiger charge is 2.44. The number of nitrogens with zero attached hydrogens (tertiary/aromatic N) is 4. The van der Waals surface area contributed by atoms with Gasteiger partial charge in [-0.2, -0.15) is 5.01 Å².